The van der Waals surface area contributed by atoms with Crippen molar-refractivity contribution in [3.63, 3.8) is 0 Å². The molecule has 0 bridgehead atoms. The van der Waals surface area contributed by atoms with Gasteiger partial charge in [-0.15, -0.1) is 0 Å². The first-order chi connectivity index (χ1) is 23.0. The van der Waals surface area contributed by atoms with E-state index in [0.29, 0.717) is 50.0 Å². The Kier molecular flexibility index (Phi) is 13.7. The molecule has 0 spiro atoms. The Morgan fingerprint density at radius 1 is 1.02 bits per heavy atom. The number of H-pyrrole nitrogens is 1. The lowest BCUT2D eigenvalue weighted by Crippen LogP contribution is -2.39. The van der Waals surface area contributed by atoms with Gasteiger partial charge in [0.15, 0.2) is 35.4 Å². The lowest BCUT2D eigenvalue weighted by Gasteiger charge is -2.26. The number of benzene rings is 2. The summed E-state index contributed by atoms with van der Waals surface area (Å²) in [5, 5.41) is 0.544. The molecule has 3 aromatic rings. The van der Waals surface area contributed by atoms with E-state index < -0.39 is 28.8 Å². The summed E-state index contributed by atoms with van der Waals surface area (Å²) < 4.78 is 84.6. The van der Waals surface area contributed by atoms with Gasteiger partial charge in [-0.05, 0) is 48.6 Å². The molecule has 2 heterocycles. The fourth-order valence-electron chi connectivity index (χ4n) is 4.92. The van der Waals surface area contributed by atoms with E-state index in [4.69, 9.17) is 46.3 Å². The Bertz CT molecular complexity index is 1670. The van der Waals surface area contributed by atoms with E-state index >= 15 is 0 Å². The molecule has 0 unspecified atom stereocenters. The second kappa shape index (κ2) is 17.5. The first kappa shape index (κ1) is 38.3. The normalized spacial score (nSPS) is 15.6. The molecule has 2 aromatic carbocycles. The van der Waals surface area contributed by atoms with Crippen LogP contribution in [0.25, 0.3) is 0 Å². The van der Waals surface area contributed by atoms with Gasteiger partial charge >= 0.3 is 22.7 Å². The monoisotopic (exact) mass is 748 g/mol. The molecule has 0 amide bonds. The number of rotatable bonds is 16. The van der Waals surface area contributed by atoms with Crippen LogP contribution in [-0.2, 0) is 26.0 Å². The third-order valence-corrected chi connectivity index (χ3v) is 9.53. The third kappa shape index (κ3) is 11.0. The number of carbonyl (C=O) groups is 1. The molecule has 1 aliphatic carbocycles. The number of hydrogen-bond donors (Lipinski definition) is 0. The number of aromatic nitrogens is 1. The van der Waals surface area contributed by atoms with Crippen LogP contribution in [-0.4, -0.2) is 83.7 Å². The molecule has 1 atom stereocenters. The molecule has 1 saturated heterocycles. The Morgan fingerprint density at radius 2 is 1.71 bits per heavy atom. The van der Waals surface area contributed by atoms with E-state index in [2.05, 4.69) is 9.72 Å². The topological polar surface area (TPSA) is 154 Å². The van der Waals surface area contributed by atoms with E-state index in [1.807, 2.05) is 4.90 Å². The van der Waals surface area contributed by atoms with Crippen LogP contribution in [0.3, 0.4) is 0 Å². The maximum atomic E-state index is 13.6. The highest BCUT2D eigenvalue weighted by atomic mass is 35.5. The van der Waals surface area contributed by atoms with Gasteiger partial charge in [0.05, 0.1) is 38.2 Å². The number of halogens is 4. The summed E-state index contributed by atoms with van der Waals surface area (Å²) in [5.41, 5.74) is 0.792. The van der Waals surface area contributed by atoms with Gasteiger partial charge in [-0.25, -0.2) is 9.78 Å². The highest BCUT2D eigenvalue weighted by Gasteiger charge is 2.28. The molecule has 0 radical (unpaired) electrons. The molecule has 1 saturated carbocycles. The number of carbonyl (C=O) groups excluding carboxylic acids is 1. The zero-order valence-electron chi connectivity index (χ0n) is 26.4. The van der Waals surface area contributed by atoms with E-state index in [1.54, 1.807) is 0 Å². The number of esters is 1. The Labute approximate surface area is 292 Å². The van der Waals surface area contributed by atoms with Gasteiger partial charge in [-0.3, -0.25) is 4.90 Å². The average Bonchev–Trinajstić information content (AvgIpc) is 3.89. The van der Waals surface area contributed by atoms with Crippen LogP contribution in [0.1, 0.15) is 40.4 Å². The number of morpholine rings is 1. The number of ether oxygens (including phenoxy) is 5. The number of aromatic amines is 1. The number of methoxy groups -OCH3 is 1. The Morgan fingerprint density at radius 3 is 2.37 bits per heavy atom. The summed E-state index contributed by atoms with van der Waals surface area (Å²) in [4.78, 5) is 18.4. The van der Waals surface area contributed by atoms with Gasteiger partial charge in [0.1, 0.15) is 16.1 Å². The number of nitrogens with one attached hydrogen (secondary N) is 1. The molecule has 17 heteroatoms. The molecule has 49 heavy (non-hydrogen) atoms. The van der Waals surface area contributed by atoms with E-state index in [9.17, 15) is 22.0 Å². The highest BCUT2D eigenvalue weighted by Crippen LogP contribution is 2.38. The maximum absolute atomic E-state index is 13.6. The van der Waals surface area contributed by atoms with Gasteiger partial charge in [0.25, 0.3) is 0 Å². The molecular formula is C32H36Cl2F2N2O10S. The fraction of sp³-hybridized carbons (Fsp3) is 0.438. The minimum absolute atomic E-state index is 0. The minimum Gasteiger partial charge on any atom is -0.870 e. The van der Waals surface area contributed by atoms with Crippen LogP contribution >= 0.6 is 23.2 Å². The molecule has 1 aromatic heterocycles. The second-order valence-electron chi connectivity index (χ2n) is 11.2. The largest absolute Gasteiger partial charge is 0.870 e. The standard InChI is InChI=1S/C32H34Cl2F2N2O9S.H2O/c1-42-26-6-5-22(15-30(26)47-48(40,41)13-10-38-8-11-43-12-9-38)31(39)45-28(16-23-24(33)17-37-18-25(23)34)21-4-7-27(46-32(35)36)29(14-21)44-19-20-2-3-20;/h4-7,14-15,17-18,20,28,32H,2-3,8-13,16,19H2,1H3;1H2/t28-;/m0./s1. The summed E-state index contributed by atoms with van der Waals surface area (Å²) in [6.45, 7) is -0.283. The average molecular weight is 750 g/mol. The van der Waals surface area contributed by atoms with Crippen molar-refractivity contribution >= 4 is 39.3 Å². The van der Waals surface area contributed by atoms with Gasteiger partial charge in [0, 0.05) is 37.7 Å². The van der Waals surface area contributed by atoms with Crippen molar-refractivity contribution in [1.29, 1.82) is 0 Å². The zero-order valence-corrected chi connectivity index (χ0v) is 28.7. The van der Waals surface area contributed by atoms with E-state index in [0.717, 1.165) is 12.8 Å². The van der Waals surface area contributed by atoms with Crippen LogP contribution in [0.15, 0.2) is 48.8 Å². The van der Waals surface area contributed by atoms with Gasteiger partial charge < -0.3 is 33.3 Å². The summed E-state index contributed by atoms with van der Waals surface area (Å²) in [5.74, 6) is -1.04. The van der Waals surface area contributed by atoms with Crippen molar-refractivity contribution in [1.82, 2.24) is 4.90 Å². The van der Waals surface area contributed by atoms with Crippen molar-refractivity contribution in [2.75, 3.05) is 52.3 Å². The van der Waals surface area contributed by atoms with Gasteiger partial charge in [0.2, 0.25) is 0 Å². The van der Waals surface area contributed by atoms with Crippen molar-refractivity contribution in [2.24, 2.45) is 5.92 Å². The number of nitrogens with zero attached hydrogens (tertiary/aromatic N) is 1. The maximum Gasteiger partial charge on any atom is 0.387 e. The van der Waals surface area contributed by atoms with Crippen LogP contribution in [0.5, 0.6) is 23.0 Å². The Balaban J connectivity index is 0.00000541. The predicted octanol–water partition coefficient (Wildman–Crippen LogP) is 5.21. The van der Waals surface area contributed by atoms with Crippen molar-refractivity contribution in [3.05, 3.63) is 75.5 Å². The van der Waals surface area contributed by atoms with Crippen molar-refractivity contribution < 1.29 is 60.3 Å². The molecule has 2 N–H and O–H groups in total. The molecule has 268 valence electrons. The van der Waals surface area contributed by atoms with Crippen molar-refractivity contribution in [3.8, 4) is 23.0 Å². The van der Waals surface area contributed by atoms with E-state index in [-0.39, 0.29) is 62.8 Å². The lowest BCUT2D eigenvalue weighted by molar-refractivity contribution is -0.377. The molecule has 5 rings (SSSR count). The highest BCUT2D eigenvalue weighted by molar-refractivity contribution is 7.87. The second-order valence-corrected chi connectivity index (χ2v) is 13.7. The van der Waals surface area contributed by atoms with Gasteiger partial charge in [-0.1, -0.05) is 29.3 Å². The molecule has 2 fully saturated rings. The smallest absolute Gasteiger partial charge is 0.387 e. The summed E-state index contributed by atoms with van der Waals surface area (Å²) in [6, 6.07) is 8.25. The number of alkyl halides is 2. The zero-order chi connectivity index (χ0) is 34.3. The first-order valence-corrected chi connectivity index (χ1v) is 17.5. The quantitative estimate of drug-likeness (QED) is 0.140. The summed E-state index contributed by atoms with van der Waals surface area (Å²) in [6.07, 6.45) is 3.90. The Hall–Kier alpha value is -3.47. The summed E-state index contributed by atoms with van der Waals surface area (Å²) in [7, 11) is -2.74. The number of pyridine rings is 1. The van der Waals surface area contributed by atoms with E-state index in [1.165, 1.54) is 55.9 Å². The molecule has 12 nitrogen and oxygen atoms in total. The first-order valence-electron chi connectivity index (χ1n) is 15.2. The summed E-state index contributed by atoms with van der Waals surface area (Å²) >= 11 is 12.9. The van der Waals surface area contributed by atoms with Crippen LogP contribution in [0.4, 0.5) is 8.78 Å². The molecule has 1 aliphatic heterocycles. The van der Waals surface area contributed by atoms with Crippen molar-refractivity contribution in [2.45, 2.75) is 32.0 Å². The van der Waals surface area contributed by atoms with Crippen LogP contribution in [0, 0.1) is 5.92 Å². The lowest BCUT2D eigenvalue weighted by atomic mass is 10.0. The molecule has 2 aliphatic rings. The predicted molar refractivity (Wildman–Crippen MR) is 173 cm³/mol. The minimum atomic E-state index is -4.08. The SMILES string of the molecule is COc1ccc(C(=O)O[C@@H](Cc2c(Cl)c[nH+]cc2Cl)c2ccc(OC(F)F)c(OCC3CC3)c2)cc1OS(=O)(=O)CCN1CCOCC1.[OH-]. The van der Waals surface area contributed by atoms with Crippen LogP contribution < -0.4 is 23.4 Å². The van der Waals surface area contributed by atoms with Crippen LogP contribution in [0.2, 0.25) is 10.0 Å². The molecular weight excluding hydrogens is 713 g/mol. The third-order valence-electron chi connectivity index (χ3n) is 7.74. The van der Waals surface area contributed by atoms with Gasteiger partial charge in [-0.2, -0.15) is 17.2 Å². The fourth-order valence-corrected chi connectivity index (χ4v) is 6.42. The number of hydrogen-bond acceptors (Lipinski definition) is 11.